The molecule has 2 aromatic rings. The topological polar surface area (TPSA) is 42.7 Å². The molecule has 0 radical (unpaired) electrons. The molecule has 1 saturated carbocycles. The van der Waals surface area contributed by atoms with E-state index in [0.29, 0.717) is 6.04 Å². The summed E-state index contributed by atoms with van der Waals surface area (Å²) < 4.78 is 0. The summed E-state index contributed by atoms with van der Waals surface area (Å²) in [6.45, 7) is 0. The lowest BCUT2D eigenvalue weighted by Crippen LogP contribution is -2.23. The van der Waals surface area contributed by atoms with E-state index in [-0.39, 0.29) is 0 Å². The first kappa shape index (κ1) is 12.4. The van der Waals surface area contributed by atoms with Crippen LogP contribution in [-0.4, -0.2) is 22.0 Å². The normalized spacial score (nSPS) is 17.1. The van der Waals surface area contributed by atoms with Crippen molar-refractivity contribution in [2.75, 3.05) is 7.05 Å². The molecule has 0 amide bonds. The van der Waals surface area contributed by atoms with Crippen LogP contribution < -0.4 is 5.32 Å². The van der Waals surface area contributed by atoms with E-state index in [1.165, 1.54) is 25.7 Å². The van der Waals surface area contributed by atoms with Crippen LogP contribution in [0.1, 0.15) is 37.4 Å². The molecule has 4 heteroatoms. The summed E-state index contributed by atoms with van der Waals surface area (Å²) in [5.41, 5.74) is 2.05. The van der Waals surface area contributed by atoms with Crippen molar-refractivity contribution < 1.29 is 0 Å². The Labute approximate surface area is 113 Å². The number of benzene rings is 1. The summed E-state index contributed by atoms with van der Waals surface area (Å²) >= 11 is 0. The zero-order valence-electron chi connectivity index (χ0n) is 11.3. The first-order valence-corrected chi connectivity index (χ1v) is 7.02. The van der Waals surface area contributed by atoms with E-state index >= 15 is 0 Å². The smallest absolute Gasteiger partial charge is 0.100 e. The van der Waals surface area contributed by atoms with Crippen LogP contribution in [0.25, 0.3) is 5.69 Å². The van der Waals surface area contributed by atoms with Crippen LogP contribution in [0.15, 0.2) is 36.5 Å². The predicted octanol–water partition coefficient (Wildman–Crippen LogP) is 2.72. The minimum absolute atomic E-state index is 0.322. The van der Waals surface area contributed by atoms with Crippen LogP contribution in [0.4, 0.5) is 0 Å². The third kappa shape index (κ3) is 2.68. The molecule has 0 spiro atoms. The number of rotatable bonds is 5. The Bertz CT molecular complexity index is 516. The molecule has 1 aliphatic rings. The first-order valence-electron chi connectivity index (χ1n) is 7.02. The monoisotopic (exact) mass is 256 g/mol. The minimum atomic E-state index is 0.322. The lowest BCUT2D eigenvalue weighted by atomic mass is 9.80. The third-order valence-electron chi connectivity index (χ3n) is 4.00. The molecule has 3 rings (SSSR count). The van der Waals surface area contributed by atoms with Crippen LogP contribution in [0.2, 0.25) is 0 Å². The van der Waals surface area contributed by atoms with E-state index in [2.05, 4.69) is 15.5 Å². The van der Waals surface area contributed by atoms with Gasteiger partial charge in [-0.05, 0) is 31.5 Å². The van der Waals surface area contributed by atoms with Crippen molar-refractivity contribution in [3.8, 4) is 5.69 Å². The Kier molecular flexibility index (Phi) is 3.60. The molecule has 1 fully saturated rings. The lowest BCUT2D eigenvalue weighted by Gasteiger charge is -2.28. The molecule has 0 bridgehead atoms. The molecular weight excluding hydrogens is 236 g/mol. The molecular formula is C15H20N4. The molecule has 1 aliphatic carbocycles. The molecule has 1 aromatic heterocycles. The highest BCUT2D eigenvalue weighted by Gasteiger charge is 2.23. The third-order valence-corrected chi connectivity index (χ3v) is 4.00. The average molecular weight is 256 g/mol. The standard InChI is InChI=1S/C15H20N4/c1-16-14(10-12-6-5-7-12)15-11-17-19(18-15)13-8-3-2-4-9-13/h2-4,8-9,11-12,14,16H,5-7,10H2,1H3. The fourth-order valence-electron chi connectivity index (χ4n) is 2.57. The molecule has 100 valence electrons. The summed E-state index contributed by atoms with van der Waals surface area (Å²) in [7, 11) is 2.00. The van der Waals surface area contributed by atoms with Crippen LogP contribution >= 0.6 is 0 Å². The number of hydrogen-bond donors (Lipinski definition) is 1. The van der Waals surface area contributed by atoms with E-state index in [0.717, 1.165) is 17.3 Å². The maximum absolute atomic E-state index is 4.61. The Morgan fingerprint density at radius 1 is 1.32 bits per heavy atom. The highest BCUT2D eigenvalue weighted by molar-refractivity contribution is 5.28. The van der Waals surface area contributed by atoms with Crippen molar-refractivity contribution in [1.82, 2.24) is 20.3 Å². The molecule has 0 saturated heterocycles. The molecule has 1 unspecified atom stereocenters. The number of aromatic nitrogens is 3. The zero-order chi connectivity index (χ0) is 13.1. The van der Waals surface area contributed by atoms with Crippen molar-refractivity contribution in [1.29, 1.82) is 0 Å². The van der Waals surface area contributed by atoms with Crippen molar-refractivity contribution in [2.45, 2.75) is 31.7 Å². The van der Waals surface area contributed by atoms with Crippen LogP contribution in [0.3, 0.4) is 0 Å². The second-order valence-electron chi connectivity index (χ2n) is 5.27. The van der Waals surface area contributed by atoms with Crippen molar-refractivity contribution in [3.05, 3.63) is 42.2 Å². The second kappa shape index (κ2) is 5.53. The second-order valence-corrected chi connectivity index (χ2v) is 5.27. The Balaban J connectivity index is 1.75. The maximum Gasteiger partial charge on any atom is 0.100 e. The Morgan fingerprint density at radius 2 is 2.11 bits per heavy atom. The molecule has 0 aliphatic heterocycles. The van der Waals surface area contributed by atoms with Gasteiger partial charge in [-0.15, -0.1) is 0 Å². The van der Waals surface area contributed by atoms with Gasteiger partial charge in [0.05, 0.1) is 17.9 Å². The molecule has 1 atom stereocenters. The van der Waals surface area contributed by atoms with Gasteiger partial charge < -0.3 is 5.32 Å². The average Bonchev–Trinajstić information content (AvgIpc) is 2.88. The van der Waals surface area contributed by atoms with Crippen molar-refractivity contribution >= 4 is 0 Å². The van der Waals surface area contributed by atoms with Crippen molar-refractivity contribution in [3.63, 3.8) is 0 Å². The summed E-state index contributed by atoms with van der Waals surface area (Å²) in [6, 6.07) is 10.4. The number of nitrogens with one attached hydrogen (secondary N) is 1. The minimum Gasteiger partial charge on any atom is -0.312 e. The molecule has 19 heavy (non-hydrogen) atoms. The molecule has 1 heterocycles. The van der Waals surface area contributed by atoms with Crippen LogP contribution in [-0.2, 0) is 0 Å². The van der Waals surface area contributed by atoms with Crippen LogP contribution in [0, 0.1) is 5.92 Å². The van der Waals surface area contributed by atoms with Gasteiger partial charge in [-0.1, -0.05) is 37.5 Å². The fraction of sp³-hybridized carbons (Fsp3) is 0.467. The largest absolute Gasteiger partial charge is 0.312 e. The van der Waals surface area contributed by atoms with E-state index in [4.69, 9.17) is 0 Å². The van der Waals surface area contributed by atoms with E-state index in [9.17, 15) is 0 Å². The Morgan fingerprint density at radius 3 is 2.74 bits per heavy atom. The van der Waals surface area contributed by atoms with E-state index in [1.54, 1.807) is 4.80 Å². The fourth-order valence-corrected chi connectivity index (χ4v) is 2.57. The summed E-state index contributed by atoms with van der Waals surface area (Å²) in [6.07, 6.45) is 7.17. The quantitative estimate of drug-likeness (QED) is 0.894. The lowest BCUT2D eigenvalue weighted by molar-refractivity contribution is 0.263. The van der Waals surface area contributed by atoms with Gasteiger partial charge in [0.25, 0.3) is 0 Å². The van der Waals surface area contributed by atoms with Gasteiger partial charge in [0.1, 0.15) is 5.69 Å². The van der Waals surface area contributed by atoms with Gasteiger partial charge in [-0.2, -0.15) is 15.0 Å². The predicted molar refractivity (Wildman–Crippen MR) is 75.1 cm³/mol. The number of para-hydroxylation sites is 1. The summed E-state index contributed by atoms with van der Waals surface area (Å²) in [5.74, 6) is 0.860. The van der Waals surface area contributed by atoms with Gasteiger partial charge in [-0.3, -0.25) is 0 Å². The van der Waals surface area contributed by atoms with Gasteiger partial charge in [-0.25, -0.2) is 0 Å². The molecule has 4 nitrogen and oxygen atoms in total. The molecule has 1 aromatic carbocycles. The highest BCUT2D eigenvalue weighted by atomic mass is 15.5. The van der Waals surface area contributed by atoms with Gasteiger partial charge in [0.15, 0.2) is 0 Å². The highest BCUT2D eigenvalue weighted by Crippen LogP contribution is 2.34. The van der Waals surface area contributed by atoms with Gasteiger partial charge in [0, 0.05) is 0 Å². The number of nitrogens with zero attached hydrogens (tertiary/aromatic N) is 3. The van der Waals surface area contributed by atoms with E-state index in [1.807, 2.05) is 43.6 Å². The van der Waals surface area contributed by atoms with E-state index < -0.39 is 0 Å². The van der Waals surface area contributed by atoms with Gasteiger partial charge >= 0.3 is 0 Å². The first-order chi connectivity index (χ1) is 9.36. The summed E-state index contributed by atoms with van der Waals surface area (Å²) in [4.78, 5) is 1.71. The van der Waals surface area contributed by atoms with Crippen LogP contribution in [0.5, 0.6) is 0 Å². The summed E-state index contributed by atoms with van der Waals surface area (Å²) in [5, 5.41) is 12.3. The number of hydrogen-bond acceptors (Lipinski definition) is 3. The zero-order valence-corrected chi connectivity index (χ0v) is 11.3. The molecule has 1 N–H and O–H groups in total. The Hall–Kier alpha value is -1.68. The van der Waals surface area contributed by atoms with Crippen molar-refractivity contribution in [2.24, 2.45) is 5.92 Å². The maximum atomic E-state index is 4.61. The SMILES string of the molecule is CNC(CC1CCC1)c1cnn(-c2ccccc2)n1. The van der Waals surface area contributed by atoms with Gasteiger partial charge in [0.2, 0.25) is 0 Å².